The second kappa shape index (κ2) is 5.48. The molecule has 0 saturated heterocycles. The van der Waals surface area contributed by atoms with Crippen LogP contribution in [0.3, 0.4) is 0 Å². The summed E-state index contributed by atoms with van der Waals surface area (Å²) in [6, 6.07) is 4.77. The summed E-state index contributed by atoms with van der Waals surface area (Å²) in [4.78, 5) is 0.245. The van der Waals surface area contributed by atoms with Gasteiger partial charge in [-0.1, -0.05) is 6.07 Å². The number of nitrogens with two attached hydrogens (primary N) is 1. The fraction of sp³-hybridized carbons (Fsp3) is 0.538. The fourth-order valence-corrected chi connectivity index (χ4v) is 4.10. The van der Waals surface area contributed by atoms with Crippen molar-refractivity contribution in [1.29, 1.82) is 0 Å². The van der Waals surface area contributed by atoms with Gasteiger partial charge >= 0.3 is 0 Å². The number of hydrogen-bond acceptors (Lipinski definition) is 4. The van der Waals surface area contributed by atoms with E-state index in [9.17, 15) is 8.42 Å². The minimum Gasteiger partial charge on any atom is -0.398 e. The number of anilines is 1. The van der Waals surface area contributed by atoms with E-state index in [1.165, 1.54) is 0 Å². The van der Waals surface area contributed by atoms with E-state index in [0.717, 1.165) is 19.3 Å². The topological polar surface area (TPSA) is 81.4 Å². The highest BCUT2D eigenvalue weighted by molar-refractivity contribution is 7.89. The van der Waals surface area contributed by atoms with Crippen LogP contribution in [-0.2, 0) is 14.8 Å². The summed E-state index contributed by atoms with van der Waals surface area (Å²) in [6.45, 7) is 1.71. The van der Waals surface area contributed by atoms with Crippen molar-refractivity contribution in [3.8, 4) is 0 Å². The van der Waals surface area contributed by atoms with E-state index in [2.05, 4.69) is 4.72 Å². The van der Waals surface area contributed by atoms with Crippen molar-refractivity contribution in [1.82, 2.24) is 4.72 Å². The van der Waals surface area contributed by atoms with E-state index in [-0.39, 0.29) is 17.0 Å². The van der Waals surface area contributed by atoms with Crippen LogP contribution in [-0.4, -0.2) is 27.7 Å². The Balaban J connectivity index is 2.25. The van der Waals surface area contributed by atoms with Gasteiger partial charge in [0, 0.05) is 18.8 Å². The van der Waals surface area contributed by atoms with Gasteiger partial charge in [-0.25, -0.2) is 13.1 Å². The van der Waals surface area contributed by atoms with Crippen molar-refractivity contribution in [3.63, 3.8) is 0 Å². The van der Waals surface area contributed by atoms with Gasteiger partial charge in [0.2, 0.25) is 10.0 Å². The molecule has 0 amide bonds. The normalized spacial score (nSPS) is 23.7. The number of ether oxygens (including phenoxy) is 1. The monoisotopic (exact) mass is 284 g/mol. The van der Waals surface area contributed by atoms with Crippen molar-refractivity contribution in [2.45, 2.75) is 43.2 Å². The number of nitrogen functional groups attached to an aromatic ring is 1. The molecule has 1 saturated carbocycles. The van der Waals surface area contributed by atoms with Crippen LogP contribution in [0.15, 0.2) is 23.1 Å². The first-order valence-corrected chi connectivity index (χ1v) is 7.84. The predicted molar refractivity (Wildman–Crippen MR) is 74.3 cm³/mol. The van der Waals surface area contributed by atoms with Crippen molar-refractivity contribution in [2.24, 2.45) is 0 Å². The average Bonchev–Trinajstić information content (AvgIpc) is 2.78. The molecular formula is C13H20N2O3S. The molecule has 1 fully saturated rings. The van der Waals surface area contributed by atoms with Crippen molar-refractivity contribution in [3.05, 3.63) is 23.8 Å². The van der Waals surface area contributed by atoms with Gasteiger partial charge in [0.15, 0.2) is 0 Å². The zero-order valence-corrected chi connectivity index (χ0v) is 12.0. The lowest BCUT2D eigenvalue weighted by molar-refractivity contribution is 0.0916. The molecule has 5 nitrogen and oxygen atoms in total. The predicted octanol–water partition coefficient (Wildman–Crippen LogP) is 1.42. The first-order valence-electron chi connectivity index (χ1n) is 6.36. The van der Waals surface area contributed by atoms with Crippen LogP contribution in [0, 0.1) is 6.92 Å². The zero-order valence-electron chi connectivity index (χ0n) is 11.2. The summed E-state index contributed by atoms with van der Waals surface area (Å²) in [5.74, 6) is 0. The van der Waals surface area contributed by atoms with Gasteiger partial charge in [0.05, 0.1) is 11.0 Å². The molecule has 6 heteroatoms. The summed E-state index contributed by atoms with van der Waals surface area (Å²) < 4.78 is 32.8. The van der Waals surface area contributed by atoms with E-state index < -0.39 is 10.0 Å². The highest BCUT2D eigenvalue weighted by atomic mass is 32.2. The van der Waals surface area contributed by atoms with Crippen LogP contribution in [0.4, 0.5) is 5.69 Å². The molecule has 1 aliphatic rings. The molecule has 19 heavy (non-hydrogen) atoms. The molecule has 2 unspecified atom stereocenters. The van der Waals surface area contributed by atoms with Crippen LogP contribution < -0.4 is 10.5 Å². The Morgan fingerprint density at radius 2 is 2.11 bits per heavy atom. The molecule has 3 N–H and O–H groups in total. The molecule has 0 spiro atoms. The number of hydrogen-bond donors (Lipinski definition) is 2. The lowest BCUT2D eigenvalue weighted by Gasteiger charge is -2.20. The summed E-state index contributed by atoms with van der Waals surface area (Å²) in [5, 5.41) is 0. The van der Waals surface area contributed by atoms with Gasteiger partial charge in [0.25, 0.3) is 0 Å². The largest absolute Gasteiger partial charge is 0.398 e. The first-order chi connectivity index (χ1) is 8.95. The van der Waals surface area contributed by atoms with Crippen LogP contribution in [0.2, 0.25) is 0 Å². The van der Waals surface area contributed by atoms with Gasteiger partial charge in [-0.15, -0.1) is 0 Å². The first kappa shape index (κ1) is 14.3. The van der Waals surface area contributed by atoms with Gasteiger partial charge in [-0.3, -0.25) is 0 Å². The third-order valence-corrected chi connectivity index (χ3v) is 5.31. The van der Waals surface area contributed by atoms with E-state index in [1.807, 2.05) is 0 Å². The molecule has 0 aliphatic heterocycles. The van der Waals surface area contributed by atoms with E-state index in [4.69, 9.17) is 10.5 Å². The number of nitrogens with one attached hydrogen (secondary N) is 1. The Morgan fingerprint density at radius 3 is 2.79 bits per heavy atom. The molecule has 2 atom stereocenters. The minimum atomic E-state index is -3.55. The number of rotatable bonds is 4. The number of benzene rings is 1. The zero-order chi connectivity index (χ0) is 14.0. The maximum atomic E-state index is 12.4. The van der Waals surface area contributed by atoms with Gasteiger partial charge in [-0.05, 0) is 43.9 Å². The second-order valence-electron chi connectivity index (χ2n) is 4.90. The molecule has 0 aromatic heterocycles. The average molecular weight is 284 g/mol. The van der Waals surface area contributed by atoms with Crippen molar-refractivity contribution < 1.29 is 13.2 Å². The summed E-state index contributed by atoms with van der Waals surface area (Å²) >= 11 is 0. The molecule has 1 aromatic carbocycles. The van der Waals surface area contributed by atoms with Gasteiger partial charge in [0.1, 0.15) is 0 Å². The smallest absolute Gasteiger partial charge is 0.241 e. The summed E-state index contributed by atoms with van der Waals surface area (Å²) in [6.07, 6.45) is 2.62. The molecule has 106 valence electrons. The maximum absolute atomic E-state index is 12.4. The van der Waals surface area contributed by atoms with E-state index >= 15 is 0 Å². The van der Waals surface area contributed by atoms with E-state index in [1.54, 1.807) is 32.2 Å². The molecular weight excluding hydrogens is 264 g/mol. The standard InChI is InChI=1S/C13H20N2O3S/c1-9-10(14)5-3-8-13(9)19(16,17)15-11-6-4-7-12(11)18-2/h3,5,8,11-12,15H,4,6-7,14H2,1-2H3. The van der Waals surface area contributed by atoms with E-state index in [0.29, 0.717) is 11.3 Å². The Morgan fingerprint density at radius 1 is 1.37 bits per heavy atom. The Bertz CT molecular complexity index is 557. The quantitative estimate of drug-likeness (QED) is 0.819. The minimum absolute atomic E-state index is 0.0452. The third-order valence-electron chi connectivity index (χ3n) is 3.68. The van der Waals surface area contributed by atoms with Gasteiger partial charge in [-0.2, -0.15) is 0 Å². The second-order valence-corrected chi connectivity index (χ2v) is 6.59. The maximum Gasteiger partial charge on any atom is 0.241 e. The molecule has 0 bridgehead atoms. The number of sulfonamides is 1. The molecule has 2 rings (SSSR count). The van der Waals surface area contributed by atoms with Crippen molar-refractivity contribution >= 4 is 15.7 Å². The molecule has 0 heterocycles. The molecule has 0 radical (unpaired) electrons. The highest BCUT2D eigenvalue weighted by Crippen LogP contribution is 2.25. The van der Waals surface area contributed by atoms with Gasteiger partial charge < -0.3 is 10.5 Å². The Hall–Kier alpha value is -1.11. The van der Waals surface area contributed by atoms with Crippen LogP contribution >= 0.6 is 0 Å². The van der Waals surface area contributed by atoms with Crippen LogP contribution in [0.1, 0.15) is 24.8 Å². The Labute approximate surface area is 114 Å². The van der Waals surface area contributed by atoms with Crippen LogP contribution in [0.25, 0.3) is 0 Å². The lowest BCUT2D eigenvalue weighted by atomic mass is 10.2. The van der Waals surface area contributed by atoms with Crippen molar-refractivity contribution in [2.75, 3.05) is 12.8 Å². The highest BCUT2D eigenvalue weighted by Gasteiger charge is 2.31. The Kier molecular flexibility index (Phi) is 4.13. The summed E-state index contributed by atoms with van der Waals surface area (Å²) in [5.41, 5.74) is 6.83. The summed E-state index contributed by atoms with van der Waals surface area (Å²) in [7, 11) is -1.94. The van der Waals surface area contributed by atoms with Crippen LogP contribution in [0.5, 0.6) is 0 Å². The fourth-order valence-electron chi connectivity index (χ4n) is 2.53. The molecule has 1 aliphatic carbocycles. The lowest BCUT2D eigenvalue weighted by Crippen LogP contribution is -2.40. The molecule has 1 aromatic rings. The third kappa shape index (κ3) is 2.91. The number of methoxy groups -OCH3 is 1. The SMILES string of the molecule is COC1CCCC1NS(=O)(=O)c1cccc(N)c1C.